The molecule has 1 heterocycles. The Labute approximate surface area is 140 Å². The number of carbonyl (C=O) groups excluding carboxylic acids is 2. The molecule has 0 saturated carbocycles. The summed E-state index contributed by atoms with van der Waals surface area (Å²) in [7, 11) is 0. The minimum absolute atomic E-state index is 0.0240. The zero-order valence-electron chi connectivity index (χ0n) is 13.6. The van der Waals surface area contributed by atoms with Gasteiger partial charge in [0.25, 0.3) is 0 Å². The van der Waals surface area contributed by atoms with E-state index in [2.05, 4.69) is 26.1 Å². The van der Waals surface area contributed by atoms with E-state index in [1.165, 1.54) is 11.3 Å². The summed E-state index contributed by atoms with van der Waals surface area (Å²) < 4.78 is 0. The second-order valence-electron chi connectivity index (χ2n) is 6.43. The predicted octanol–water partition coefficient (Wildman–Crippen LogP) is 4.35. The van der Waals surface area contributed by atoms with Crippen LogP contribution in [0.2, 0.25) is 0 Å². The van der Waals surface area contributed by atoms with Crippen LogP contribution >= 0.6 is 11.3 Å². The van der Waals surface area contributed by atoms with Crippen molar-refractivity contribution in [2.45, 2.75) is 39.0 Å². The van der Waals surface area contributed by atoms with Crippen LogP contribution in [0.1, 0.15) is 48.8 Å². The molecule has 0 atom stereocenters. The summed E-state index contributed by atoms with van der Waals surface area (Å²) in [5, 5.41) is 14.4. The second kappa shape index (κ2) is 6.96. The number of aromatic hydroxyl groups is 1. The summed E-state index contributed by atoms with van der Waals surface area (Å²) in [4.78, 5) is 24.6. The van der Waals surface area contributed by atoms with Crippen LogP contribution < -0.4 is 5.32 Å². The molecule has 1 amide bonds. The SMILES string of the molecule is CC(C)(C)c1ccc(O)c(NC(=O)CCC(=O)c2cccs2)c1. The van der Waals surface area contributed by atoms with Crippen molar-refractivity contribution < 1.29 is 14.7 Å². The average Bonchev–Trinajstić information content (AvgIpc) is 3.00. The van der Waals surface area contributed by atoms with E-state index >= 15 is 0 Å². The van der Waals surface area contributed by atoms with Gasteiger partial charge in [0.1, 0.15) is 5.75 Å². The molecule has 1 aromatic carbocycles. The number of carbonyl (C=O) groups is 2. The van der Waals surface area contributed by atoms with E-state index in [4.69, 9.17) is 0 Å². The third-order valence-electron chi connectivity index (χ3n) is 3.51. The molecule has 0 bridgehead atoms. The molecule has 2 N–H and O–H groups in total. The van der Waals surface area contributed by atoms with Crippen molar-refractivity contribution in [3.05, 3.63) is 46.2 Å². The van der Waals surface area contributed by atoms with Crippen molar-refractivity contribution >= 4 is 28.7 Å². The van der Waals surface area contributed by atoms with Gasteiger partial charge >= 0.3 is 0 Å². The molecule has 0 fully saturated rings. The molecule has 1 aromatic heterocycles. The monoisotopic (exact) mass is 331 g/mol. The molecule has 0 saturated heterocycles. The summed E-state index contributed by atoms with van der Waals surface area (Å²) >= 11 is 1.37. The van der Waals surface area contributed by atoms with Crippen LogP contribution in [-0.4, -0.2) is 16.8 Å². The van der Waals surface area contributed by atoms with Crippen molar-refractivity contribution in [2.24, 2.45) is 0 Å². The highest BCUT2D eigenvalue weighted by molar-refractivity contribution is 7.12. The fourth-order valence-electron chi connectivity index (χ4n) is 2.10. The zero-order valence-corrected chi connectivity index (χ0v) is 14.4. The smallest absolute Gasteiger partial charge is 0.224 e. The lowest BCUT2D eigenvalue weighted by Crippen LogP contribution is -2.15. The number of phenolic OH excluding ortho intramolecular Hbond substituents is 1. The Morgan fingerprint density at radius 2 is 1.91 bits per heavy atom. The standard InChI is InChI=1S/C18H21NO3S/c1-18(2,3)12-6-7-14(20)13(11-12)19-17(22)9-8-15(21)16-5-4-10-23-16/h4-7,10-11,20H,8-9H2,1-3H3,(H,19,22). The van der Waals surface area contributed by atoms with Crippen LogP contribution in [0.4, 0.5) is 5.69 Å². The van der Waals surface area contributed by atoms with Gasteiger partial charge in [0, 0.05) is 12.8 Å². The number of anilines is 1. The van der Waals surface area contributed by atoms with E-state index in [9.17, 15) is 14.7 Å². The van der Waals surface area contributed by atoms with Gasteiger partial charge in [-0.15, -0.1) is 11.3 Å². The average molecular weight is 331 g/mol. The molecule has 0 aliphatic rings. The highest BCUT2D eigenvalue weighted by Gasteiger charge is 2.17. The quantitative estimate of drug-likeness (QED) is 0.632. The summed E-state index contributed by atoms with van der Waals surface area (Å²) in [5.41, 5.74) is 1.31. The number of hydrogen-bond donors (Lipinski definition) is 2. The molecule has 4 nitrogen and oxygen atoms in total. The second-order valence-corrected chi connectivity index (χ2v) is 7.38. The number of Topliss-reactive ketones (excluding diaryl/α,β-unsaturated/α-hetero) is 1. The Bertz CT molecular complexity index is 700. The molecule has 0 aliphatic carbocycles. The summed E-state index contributed by atoms with van der Waals surface area (Å²) in [6.45, 7) is 6.18. The normalized spacial score (nSPS) is 11.3. The van der Waals surface area contributed by atoms with Gasteiger partial charge in [0.15, 0.2) is 5.78 Å². The van der Waals surface area contributed by atoms with Crippen LogP contribution in [0.3, 0.4) is 0 Å². The lowest BCUT2D eigenvalue weighted by atomic mass is 9.87. The van der Waals surface area contributed by atoms with Crippen LogP contribution in [0.25, 0.3) is 0 Å². The Morgan fingerprint density at radius 3 is 2.52 bits per heavy atom. The lowest BCUT2D eigenvalue weighted by molar-refractivity contribution is -0.116. The van der Waals surface area contributed by atoms with Gasteiger partial charge in [-0.25, -0.2) is 0 Å². The van der Waals surface area contributed by atoms with Crippen LogP contribution in [0, 0.1) is 0 Å². The van der Waals surface area contributed by atoms with Crippen molar-refractivity contribution in [2.75, 3.05) is 5.32 Å². The van der Waals surface area contributed by atoms with E-state index in [0.29, 0.717) is 10.6 Å². The van der Waals surface area contributed by atoms with Gasteiger partial charge < -0.3 is 10.4 Å². The van der Waals surface area contributed by atoms with Gasteiger partial charge in [-0.05, 0) is 34.6 Å². The summed E-state index contributed by atoms with van der Waals surface area (Å²) in [5.74, 6) is -0.296. The van der Waals surface area contributed by atoms with Crippen molar-refractivity contribution in [1.29, 1.82) is 0 Å². The predicted molar refractivity (Wildman–Crippen MR) is 93.3 cm³/mol. The lowest BCUT2D eigenvalue weighted by Gasteiger charge is -2.20. The van der Waals surface area contributed by atoms with E-state index in [-0.39, 0.29) is 35.7 Å². The maximum absolute atomic E-state index is 12.0. The summed E-state index contributed by atoms with van der Waals surface area (Å²) in [6, 6.07) is 8.75. The molecule has 5 heteroatoms. The number of thiophene rings is 1. The van der Waals surface area contributed by atoms with Crippen LogP contribution in [0.5, 0.6) is 5.75 Å². The number of nitrogens with one attached hydrogen (secondary N) is 1. The summed E-state index contributed by atoms with van der Waals surface area (Å²) in [6.07, 6.45) is 0.252. The Hall–Kier alpha value is -2.14. The Morgan fingerprint density at radius 1 is 1.17 bits per heavy atom. The van der Waals surface area contributed by atoms with Crippen molar-refractivity contribution in [3.8, 4) is 5.75 Å². The first kappa shape index (κ1) is 17.2. The van der Waals surface area contributed by atoms with E-state index in [1.807, 2.05) is 17.5 Å². The van der Waals surface area contributed by atoms with E-state index < -0.39 is 0 Å². The fraction of sp³-hybridized carbons (Fsp3) is 0.333. The maximum Gasteiger partial charge on any atom is 0.224 e. The minimum Gasteiger partial charge on any atom is -0.506 e. The largest absolute Gasteiger partial charge is 0.506 e. The molecule has 122 valence electrons. The molecule has 0 radical (unpaired) electrons. The highest BCUT2D eigenvalue weighted by atomic mass is 32.1. The number of amides is 1. The number of ketones is 1. The molecule has 2 aromatic rings. The van der Waals surface area contributed by atoms with E-state index in [1.54, 1.807) is 18.2 Å². The zero-order chi connectivity index (χ0) is 17.0. The van der Waals surface area contributed by atoms with Gasteiger partial charge in [-0.1, -0.05) is 32.9 Å². The first-order valence-electron chi connectivity index (χ1n) is 7.47. The molecular weight excluding hydrogens is 310 g/mol. The molecule has 23 heavy (non-hydrogen) atoms. The molecule has 0 spiro atoms. The Kier molecular flexibility index (Phi) is 5.21. The fourth-order valence-corrected chi connectivity index (χ4v) is 2.80. The third kappa shape index (κ3) is 4.66. The number of hydrogen-bond acceptors (Lipinski definition) is 4. The van der Waals surface area contributed by atoms with Crippen molar-refractivity contribution in [1.82, 2.24) is 0 Å². The number of phenols is 1. The molecule has 0 aliphatic heterocycles. The molecule has 0 unspecified atom stereocenters. The third-order valence-corrected chi connectivity index (χ3v) is 4.42. The Balaban J connectivity index is 1.99. The van der Waals surface area contributed by atoms with Gasteiger partial charge in [0.05, 0.1) is 10.6 Å². The van der Waals surface area contributed by atoms with Gasteiger partial charge in [-0.2, -0.15) is 0 Å². The number of benzene rings is 1. The number of rotatable bonds is 5. The van der Waals surface area contributed by atoms with Crippen molar-refractivity contribution in [3.63, 3.8) is 0 Å². The van der Waals surface area contributed by atoms with Gasteiger partial charge in [0.2, 0.25) is 5.91 Å². The van der Waals surface area contributed by atoms with E-state index in [0.717, 1.165) is 5.56 Å². The highest BCUT2D eigenvalue weighted by Crippen LogP contribution is 2.30. The maximum atomic E-state index is 12.0. The first-order valence-corrected chi connectivity index (χ1v) is 8.35. The minimum atomic E-state index is -0.281. The van der Waals surface area contributed by atoms with Crippen LogP contribution in [0.15, 0.2) is 35.7 Å². The topological polar surface area (TPSA) is 66.4 Å². The molecule has 2 rings (SSSR count). The first-order chi connectivity index (χ1) is 10.8. The molecular formula is C18H21NO3S. The van der Waals surface area contributed by atoms with Crippen LogP contribution in [-0.2, 0) is 10.2 Å². The van der Waals surface area contributed by atoms with Gasteiger partial charge in [-0.3, -0.25) is 9.59 Å².